The van der Waals surface area contributed by atoms with Gasteiger partial charge in [0.1, 0.15) is 17.4 Å². The van der Waals surface area contributed by atoms with Crippen LogP contribution in [0.2, 0.25) is 5.02 Å². The maximum Gasteiger partial charge on any atom is 0.339 e. The minimum atomic E-state index is -0.451. The highest BCUT2D eigenvalue weighted by molar-refractivity contribution is 6.31. The van der Waals surface area contributed by atoms with Crippen LogP contribution in [0.3, 0.4) is 0 Å². The molecule has 2 heterocycles. The van der Waals surface area contributed by atoms with E-state index < -0.39 is 6.10 Å². The van der Waals surface area contributed by atoms with Crippen LogP contribution in [0, 0.1) is 6.92 Å². The first-order valence-electron chi connectivity index (χ1n) is 9.11. The van der Waals surface area contributed by atoms with Crippen molar-refractivity contribution in [2.45, 2.75) is 38.7 Å². The zero-order valence-electron chi connectivity index (χ0n) is 14.8. The van der Waals surface area contributed by atoms with Gasteiger partial charge in [-0.15, -0.1) is 0 Å². The Balaban J connectivity index is 1.79. The fourth-order valence-corrected chi connectivity index (χ4v) is 4.62. The number of ketones is 1. The van der Waals surface area contributed by atoms with E-state index in [2.05, 4.69) is 0 Å². The molecule has 0 saturated heterocycles. The van der Waals surface area contributed by atoms with E-state index in [0.717, 1.165) is 34.9 Å². The summed E-state index contributed by atoms with van der Waals surface area (Å²) in [6.45, 7) is 1.85. The number of carbonyl (C=O) groups is 1. The highest BCUT2D eigenvalue weighted by Crippen LogP contribution is 2.45. The van der Waals surface area contributed by atoms with Crippen molar-refractivity contribution in [1.82, 2.24) is 0 Å². The van der Waals surface area contributed by atoms with Crippen molar-refractivity contribution in [1.29, 1.82) is 0 Å². The summed E-state index contributed by atoms with van der Waals surface area (Å²) < 4.78 is 11.9. The lowest BCUT2D eigenvalue weighted by atomic mass is 9.90. The average Bonchev–Trinajstić information content (AvgIpc) is 3.11. The summed E-state index contributed by atoms with van der Waals surface area (Å²) in [6.07, 6.45) is 2.19. The summed E-state index contributed by atoms with van der Waals surface area (Å²) in [7, 11) is 0. The molecule has 0 spiro atoms. The Morgan fingerprint density at radius 1 is 1.11 bits per heavy atom. The Kier molecular flexibility index (Phi) is 3.66. The number of halogens is 1. The SMILES string of the molecule is Cc1cc2oc(=O)c3c(c2c2c1C(=O)C[C@H](c1ccccc1Cl)O2)CCC3. The molecule has 0 fully saturated rings. The molecule has 1 atom stereocenters. The van der Waals surface area contributed by atoms with E-state index in [1.807, 2.05) is 25.1 Å². The number of hydrogen-bond acceptors (Lipinski definition) is 4. The molecule has 0 bridgehead atoms. The van der Waals surface area contributed by atoms with Crippen LogP contribution in [-0.4, -0.2) is 5.78 Å². The van der Waals surface area contributed by atoms with Crippen molar-refractivity contribution in [2.24, 2.45) is 0 Å². The second-order valence-electron chi connectivity index (χ2n) is 7.23. The van der Waals surface area contributed by atoms with E-state index in [1.54, 1.807) is 12.1 Å². The first-order chi connectivity index (χ1) is 13.0. The second-order valence-corrected chi connectivity index (χ2v) is 7.63. The fourth-order valence-electron chi connectivity index (χ4n) is 4.36. The molecule has 5 heteroatoms. The van der Waals surface area contributed by atoms with Crippen LogP contribution in [0.15, 0.2) is 39.5 Å². The molecule has 1 aromatic heterocycles. The van der Waals surface area contributed by atoms with Gasteiger partial charge in [0.05, 0.1) is 17.4 Å². The van der Waals surface area contributed by atoms with Crippen LogP contribution < -0.4 is 10.4 Å². The third-order valence-corrected chi connectivity index (χ3v) is 5.92. The molecular formula is C22H17ClO4. The molecule has 5 rings (SSSR count). The summed E-state index contributed by atoms with van der Waals surface area (Å²) >= 11 is 6.35. The van der Waals surface area contributed by atoms with E-state index in [4.69, 9.17) is 20.8 Å². The van der Waals surface area contributed by atoms with Crippen LogP contribution >= 0.6 is 11.6 Å². The molecule has 2 aliphatic rings. The van der Waals surface area contributed by atoms with E-state index in [0.29, 0.717) is 33.9 Å². The Labute approximate surface area is 160 Å². The number of ether oxygens (including phenoxy) is 1. The zero-order chi connectivity index (χ0) is 18.7. The van der Waals surface area contributed by atoms with E-state index in [1.165, 1.54) is 0 Å². The van der Waals surface area contributed by atoms with Crippen molar-refractivity contribution >= 4 is 28.4 Å². The number of benzene rings is 2. The van der Waals surface area contributed by atoms with Crippen LogP contribution in [0.25, 0.3) is 11.0 Å². The monoisotopic (exact) mass is 380 g/mol. The van der Waals surface area contributed by atoms with Gasteiger partial charge in [0.25, 0.3) is 0 Å². The van der Waals surface area contributed by atoms with Crippen LogP contribution in [0.5, 0.6) is 5.75 Å². The summed E-state index contributed by atoms with van der Waals surface area (Å²) in [5.41, 5.74) is 4.04. The van der Waals surface area contributed by atoms with E-state index >= 15 is 0 Å². The fraction of sp³-hybridized carbons (Fsp3) is 0.273. The standard InChI is InChI=1S/C22H17ClO4/c1-11-9-18-20(12-6-4-7-13(12)22(25)27-18)21-19(11)16(24)10-17(26-21)14-5-2-3-8-15(14)23/h2-3,5,8-9,17H,4,6-7,10H2,1H3/t17-/m1/s1. The van der Waals surface area contributed by atoms with Gasteiger partial charge in [0, 0.05) is 16.1 Å². The minimum absolute atomic E-state index is 0.0264. The third-order valence-electron chi connectivity index (χ3n) is 5.57. The molecule has 0 N–H and O–H groups in total. The van der Waals surface area contributed by atoms with Gasteiger partial charge in [-0.05, 0) is 49.4 Å². The predicted octanol–water partition coefficient (Wildman–Crippen LogP) is 4.95. The van der Waals surface area contributed by atoms with Crippen LogP contribution in [0.4, 0.5) is 0 Å². The number of aryl methyl sites for hydroxylation is 2. The first kappa shape index (κ1) is 16.6. The van der Waals surface area contributed by atoms with E-state index in [-0.39, 0.29) is 17.8 Å². The van der Waals surface area contributed by atoms with Crippen molar-refractivity contribution in [2.75, 3.05) is 0 Å². The van der Waals surface area contributed by atoms with E-state index in [9.17, 15) is 9.59 Å². The molecule has 1 aliphatic carbocycles. The van der Waals surface area contributed by atoms with Crippen molar-refractivity contribution < 1.29 is 13.9 Å². The molecule has 0 amide bonds. The predicted molar refractivity (Wildman–Crippen MR) is 103 cm³/mol. The Bertz CT molecular complexity index is 1180. The van der Waals surface area contributed by atoms with Crippen molar-refractivity contribution in [3.05, 3.63) is 73.6 Å². The quantitative estimate of drug-likeness (QED) is 0.560. The molecule has 3 aromatic rings. The molecule has 0 saturated carbocycles. The Morgan fingerprint density at radius 2 is 1.89 bits per heavy atom. The zero-order valence-corrected chi connectivity index (χ0v) is 15.6. The topological polar surface area (TPSA) is 56.5 Å². The number of hydrogen-bond donors (Lipinski definition) is 0. The summed E-state index contributed by atoms with van der Waals surface area (Å²) in [5.74, 6) is 0.562. The van der Waals surface area contributed by atoms with Gasteiger partial charge in [0.2, 0.25) is 0 Å². The van der Waals surface area contributed by atoms with Crippen LogP contribution in [0.1, 0.15) is 51.6 Å². The van der Waals surface area contributed by atoms with Gasteiger partial charge in [-0.25, -0.2) is 4.79 Å². The maximum absolute atomic E-state index is 13.0. The van der Waals surface area contributed by atoms with Gasteiger partial charge in [0.15, 0.2) is 5.78 Å². The molecule has 136 valence electrons. The Hall–Kier alpha value is -2.59. The molecule has 2 aromatic carbocycles. The molecule has 0 unspecified atom stereocenters. The highest BCUT2D eigenvalue weighted by atomic mass is 35.5. The molecule has 27 heavy (non-hydrogen) atoms. The summed E-state index contributed by atoms with van der Waals surface area (Å²) in [5, 5.41) is 1.35. The maximum atomic E-state index is 13.0. The van der Waals surface area contributed by atoms with Crippen LogP contribution in [-0.2, 0) is 12.8 Å². The summed E-state index contributed by atoms with van der Waals surface area (Å²) in [6, 6.07) is 9.20. The Morgan fingerprint density at radius 3 is 2.70 bits per heavy atom. The second kappa shape index (κ2) is 5.96. The average molecular weight is 381 g/mol. The van der Waals surface area contributed by atoms with Gasteiger partial charge in [-0.1, -0.05) is 29.8 Å². The third kappa shape index (κ3) is 2.43. The van der Waals surface area contributed by atoms with Gasteiger partial charge in [-0.2, -0.15) is 0 Å². The van der Waals surface area contributed by atoms with Gasteiger partial charge < -0.3 is 9.15 Å². The lowest BCUT2D eigenvalue weighted by molar-refractivity contribution is 0.0852. The van der Waals surface area contributed by atoms with Gasteiger partial charge >= 0.3 is 5.63 Å². The number of Topliss-reactive ketones (excluding diaryl/α,β-unsaturated/α-hetero) is 1. The summed E-state index contributed by atoms with van der Waals surface area (Å²) in [4.78, 5) is 25.3. The van der Waals surface area contributed by atoms with Crippen molar-refractivity contribution in [3.8, 4) is 5.75 Å². The lowest BCUT2D eigenvalue weighted by Gasteiger charge is -2.28. The lowest BCUT2D eigenvalue weighted by Crippen LogP contribution is -2.22. The normalized spacial score (nSPS) is 18.3. The number of fused-ring (bicyclic) bond motifs is 5. The highest BCUT2D eigenvalue weighted by Gasteiger charge is 2.34. The smallest absolute Gasteiger partial charge is 0.339 e. The van der Waals surface area contributed by atoms with Gasteiger partial charge in [-0.3, -0.25) is 4.79 Å². The molecule has 0 radical (unpaired) electrons. The first-order valence-corrected chi connectivity index (χ1v) is 9.49. The largest absolute Gasteiger partial charge is 0.484 e. The molecular weight excluding hydrogens is 364 g/mol. The minimum Gasteiger partial charge on any atom is -0.484 e. The number of carbonyl (C=O) groups excluding carboxylic acids is 1. The van der Waals surface area contributed by atoms with Crippen molar-refractivity contribution in [3.63, 3.8) is 0 Å². The molecule has 4 nitrogen and oxygen atoms in total. The number of rotatable bonds is 1. The molecule has 1 aliphatic heterocycles.